The van der Waals surface area contributed by atoms with Crippen molar-refractivity contribution in [2.75, 3.05) is 19.6 Å². The van der Waals surface area contributed by atoms with Gasteiger partial charge in [-0.25, -0.2) is 12.7 Å². The molecule has 150 valence electrons. The van der Waals surface area contributed by atoms with Crippen LogP contribution in [-0.2, 0) is 22.2 Å². The number of hydrogen-bond donors (Lipinski definition) is 1. The van der Waals surface area contributed by atoms with Crippen molar-refractivity contribution in [2.45, 2.75) is 38.4 Å². The minimum absolute atomic E-state index is 0.00848. The normalized spacial score (nSPS) is 14.9. The van der Waals surface area contributed by atoms with Crippen molar-refractivity contribution >= 4 is 15.9 Å². The molecular weight excluding hydrogens is 372 g/mol. The van der Waals surface area contributed by atoms with Gasteiger partial charge in [0.05, 0.1) is 5.75 Å². The van der Waals surface area contributed by atoms with Crippen LogP contribution in [0.2, 0.25) is 0 Å². The van der Waals surface area contributed by atoms with Gasteiger partial charge in [-0.15, -0.1) is 0 Å². The third-order valence-electron chi connectivity index (χ3n) is 5.07. The smallest absolute Gasteiger partial charge is 0.251 e. The van der Waals surface area contributed by atoms with Gasteiger partial charge < -0.3 is 5.32 Å². The maximum Gasteiger partial charge on any atom is 0.251 e. The van der Waals surface area contributed by atoms with E-state index in [0.717, 1.165) is 25.7 Å². The second kappa shape index (κ2) is 9.34. The van der Waals surface area contributed by atoms with Crippen LogP contribution in [0.3, 0.4) is 0 Å². The fourth-order valence-electron chi connectivity index (χ4n) is 3.37. The lowest BCUT2D eigenvalue weighted by molar-refractivity contribution is 0.0953. The van der Waals surface area contributed by atoms with Crippen molar-refractivity contribution in [3.05, 3.63) is 70.8 Å². The molecule has 1 heterocycles. The summed E-state index contributed by atoms with van der Waals surface area (Å²) in [6.45, 7) is 3.91. The molecule has 1 amide bonds. The summed E-state index contributed by atoms with van der Waals surface area (Å²) in [6, 6.07) is 15.3. The zero-order chi connectivity index (χ0) is 20.0. The topological polar surface area (TPSA) is 66.5 Å². The van der Waals surface area contributed by atoms with E-state index in [0.29, 0.717) is 30.8 Å². The lowest BCUT2D eigenvalue weighted by atomic mass is 10.1. The number of nitrogens with zero attached hydrogens (tertiary/aromatic N) is 1. The Hall–Kier alpha value is -2.18. The number of nitrogens with one attached hydrogen (secondary N) is 1. The number of hydrogen-bond acceptors (Lipinski definition) is 3. The van der Waals surface area contributed by atoms with Gasteiger partial charge in [0.25, 0.3) is 5.91 Å². The van der Waals surface area contributed by atoms with Crippen molar-refractivity contribution in [2.24, 2.45) is 0 Å². The first-order valence-corrected chi connectivity index (χ1v) is 11.5. The second-order valence-electron chi connectivity index (χ2n) is 7.40. The summed E-state index contributed by atoms with van der Waals surface area (Å²) in [6.07, 6.45) is 3.67. The minimum atomic E-state index is -3.26. The Balaban J connectivity index is 1.46. The molecule has 0 saturated carbocycles. The molecule has 0 unspecified atom stereocenters. The third kappa shape index (κ3) is 5.66. The van der Waals surface area contributed by atoms with Crippen LogP contribution in [0.25, 0.3) is 0 Å². The molecule has 0 radical (unpaired) electrons. The summed E-state index contributed by atoms with van der Waals surface area (Å²) >= 11 is 0. The van der Waals surface area contributed by atoms with Gasteiger partial charge in [-0.05, 0) is 55.9 Å². The number of benzene rings is 2. The van der Waals surface area contributed by atoms with Gasteiger partial charge in [0.2, 0.25) is 10.0 Å². The summed E-state index contributed by atoms with van der Waals surface area (Å²) in [5, 5.41) is 2.93. The highest BCUT2D eigenvalue weighted by molar-refractivity contribution is 7.88. The first-order chi connectivity index (χ1) is 13.4. The Morgan fingerprint density at radius 3 is 2.21 bits per heavy atom. The average Bonchev–Trinajstić information content (AvgIpc) is 3.23. The molecule has 2 aromatic carbocycles. The summed E-state index contributed by atoms with van der Waals surface area (Å²) in [7, 11) is -3.26. The van der Waals surface area contributed by atoms with Crippen molar-refractivity contribution < 1.29 is 13.2 Å². The van der Waals surface area contributed by atoms with Crippen LogP contribution >= 0.6 is 0 Å². The summed E-state index contributed by atoms with van der Waals surface area (Å²) in [4.78, 5) is 12.3. The van der Waals surface area contributed by atoms with E-state index < -0.39 is 10.0 Å². The van der Waals surface area contributed by atoms with Crippen LogP contribution < -0.4 is 5.32 Å². The molecule has 6 heteroatoms. The molecule has 1 fully saturated rings. The van der Waals surface area contributed by atoms with Gasteiger partial charge in [-0.2, -0.15) is 0 Å². The molecule has 1 aliphatic heterocycles. The van der Waals surface area contributed by atoms with Crippen molar-refractivity contribution in [3.63, 3.8) is 0 Å². The number of carbonyl (C=O) groups is 1. The van der Waals surface area contributed by atoms with Crippen molar-refractivity contribution in [1.29, 1.82) is 0 Å². The first kappa shape index (κ1) is 20.6. The molecule has 1 N–H and O–H groups in total. The Bertz CT molecular complexity index is 884. The maximum atomic E-state index is 12.4. The summed E-state index contributed by atoms with van der Waals surface area (Å²) < 4.78 is 26.3. The molecule has 28 heavy (non-hydrogen) atoms. The van der Waals surface area contributed by atoms with Gasteiger partial charge in [0, 0.05) is 25.2 Å². The molecule has 2 aromatic rings. The second-order valence-corrected chi connectivity index (χ2v) is 9.37. The number of amides is 1. The van der Waals surface area contributed by atoms with E-state index in [2.05, 4.69) is 36.5 Å². The van der Waals surface area contributed by atoms with Gasteiger partial charge >= 0.3 is 0 Å². The molecule has 0 aliphatic carbocycles. The predicted molar refractivity (Wildman–Crippen MR) is 112 cm³/mol. The average molecular weight is 401 g/mol. The largest absolute Gasteiger partial charge is 0.352 e. The number of aryl methyl sites for hydroxylation is 2. The highest BCUT2D eigenvalue weighted by Crippen LogP contribution is 2.17. The predicted octanol–water partition coefficient (Wildman–Crippen LogP) is 3.28. The van der Waals surface area contributed by atoms with Gasteiger partial charge in [-0.1, -0.05) is 42.0 Å². The lowest BCUT2D eigenvalue weighted by Gasteiger charge is -2.15. The molecule has 0 atom stereocenters. The van der Waals surface area contributed by atoms with Gasteiger partial charge in [0.15, 0.2) is 0 Å². The monoisotopic (exact) mass is 400 g/mol. The standard InChI is InChI=1S/C22H28N2O3S/c1-18-6-8-19(9-7-18)5-4-14-23-22(25)21-12-10-20(11-13-21)17-28(26,27)24-15-2-3-16-24/h6-13H,2-5,14-17H2,1H3,(H,23,25). The molecule has 5 nitrogen and oxygen atoms in total. The molecule has 0 aromatic heterocycles. The van der Waals surface area contributed by atoms with E-state index in [1.165, 1.54) is 11.1 Å². The van der Waals surface area contributed by atoms with Crippen LogP contribution in [0.5, 0.6) is 0 Å². The number of rotatable bonds is 8. The molecular formula is C22H28N2O3S. The minimum Gasteiger partial charge on any atom is -0.352 e. The van der Waals surface area contributed by atoms with E-state index in [9.17, 15) is 13.2 Å². The molecule has 0 spiro atoms. The SMILES string of the molecule is Cc1ccc(CCCNC(=O)c2ccc(CS(=O)(=O)N3CCCC3)cc2)cc1. The lowest BCUT2D eigenvalue weighted by Crippen LogP contribution is -2.29. The Morgan fingerprint density at radius 1 is 0.964 bits per heavy atom. The Labute approximate surface area is 167 Å². The Morgan fingerprint density at radius 2 is 1.57 bits per heavy atom. The van der Waals surface area contributed by atoms with E-state index in [-0.39, 0.29) is 11.7 Å². The van der Waals surface area contributed by atoms with E-state index in [1.807, 2.05) is 0 Å². The van der Waals surface area contributed by atoms with Crippen molar-refractivity contribution in [1.82, 2.24) is 9.62 Å². The third-order valence-corrected chi connectivity index (χ3v) is 6.92. The molecule has 3 rings (SSSR count). The fourth-order valence-corrected chi connectivity index (χ4v) is 4.98. The van der Waals surface area contributed by atoms with Gasteiger partial charge in [0.1, 0.15) is 0 Å². The van der Waals surface area contributed by atoms with Crippen LogP contribution in [0.4, 0.5) is 0 Å². The number of carbonyl (C=O) groups excluding carboxylic acids is 1. The van der Waals surface area contributed by atoms with Crippen LogP contribution in [-0.4, -0.2) is 38.3 Å². The molecule has 0 bridgehead atoms. The van der Waals surface area contributed by atoms with Crippen LogP contribution in [0.1, 0.15) is 46.3 Å². The Kier molecular flexibility index (Phi) is 6.86. The summed E-state index contributed by atoms with van der Waals surface area (Å²) in [5.74, 6) is -0.135. The van der Waals surface area contributed by atoms with E-state index >= 15 is 0 Å². The highest BCUT2D eigenvalue weighted by atomic mass is 32.2. The van der Waals surface area contributed by atoms with Crippen LogP contribution in [0.15, 0.2) is 48.5 Å². The highest BCUT2D eigenvalue weighted by Gasteiger charge is 2.25. The van der Waals surface area contributed by atoms with E-state index in [4.69, 9.17) is 0 Å². The molecule has 1 aliphatic rings. The maximum absolute atomic E-state index is 12.4. The van der Waals surface area contributed by atoms with E-state index in [1.54, 1.807) is 28.6 Å². The first-order valence-electron chi connectivity index (χ1n) is 9.84. The molecule has 1 saturated heterocycles. The van der Waals surface area contributed by atoms with Crippen LogP contribution in [0, 0.1) is 6.92 Å². The fraction of sp³-hybridized carbons (Fsp3) is 0.409. The zero-order valence-electron chi connectivity index (χ0n) is 16.4. The quantitative estimate of drug-likeness (QED) is 0.692. The van der Waals surface area contributed by atoms with Gasteiger partial charge in [-0.3, -0.25) is 4.79 Å². The van der Waals surface area contributed by atoms with Crippen molar-refractivity contribution in [3.8, 4) is 0 Å². The zero-order valence-corrected chi connectivity index (χ0v) is 17.2. The number of sulfonamides is 1. The summed E-state index contributed by atoms with van der Waals surface area (Å²) in [5.41, 5.74) is 3.78.